The van der Waals surface area contributed by atoms with Crippen LogP contribution in [-0.4, -0.2) is 41.0 Å². The highest BCUT2D eigenvalue weighted by Gasteiger charge is 2.38. The Labute approximate surface area is 234 Å². The quantitative estimate of drug-likeness (QED) is 0.310. The third-order valence-corrected chi connectivity index (χ3v) is 6.61. The van der Waals surface area contributed by atoms with E-state index in [0.29, 0.717) is 30.6 Å². The number of para-hydroxylation sites is 1. The summed E-state index contributed by atoms with van der Waals surface area (Å²) in [5, 5.41) is 5.85. The topological polar surface area (TPSA) is 87.7 Å². The molecule has 0 aromatic heterocycles. The summed E-state index contributed by atoms with van der Waals surface area (Å²) >= 11 is 0. The molecule has 3 atom stereocenters. The van der Waals surface area contributed by atoms with Crippen molar-refractivity contribution in [3.05, 3.63) is 71.8 Å². The number of hydrogen-bond acceptors (Lipinski definition) is 4. The summed E-state index contributed by atoms with van der Waals surface area (Å²) in [5.74, 6) is -0.832. The Hall–Kier alpha value is -3.61. The van der Waals surface area contributed by atoms with Crippen molar-refractivity contribution in [3.8, 4) is 0 Å². The number of amides is 3. The fourth-order valence-electron chi connectivity index (χ4n) is 4.23. The van der Waals surface area contributed by atoms with E-state index in [2.05, 4.69) is 17.2 Å². The van der Waals surface area contributed by atoms with Gasteiger partial charge in [-0.15, -0.1) is 0 Å². The molecule has 0 radical (unpaired) electrons. The van der Waals surface area contributed by atoms with E-state index in [0.717, 1.165) is 17.5 Å². The van der Waals surface area contributed by atoms with Crippen molar-refractivity contribution in [2.75, 3.05) is 11.9 Å². The van der Waals surface area contributed by atoms with Crippen molar-refractivity contribution in [1.29, 1.82) is 0 Å². The van der Waals surface area contributed by atoms with Gasteiger partial charge in [0, 0.05) is 12.2 Å². The predicted molar refractivity (Wildman–Crippen MR) is 158 cm³/mol. The number of hydrogen-bond donors (Lipinski definition) is 2. The molecule has 0 aliphatic rings. The molecule has 7 heteroatoms. The molecule has 0 bridgehead atoms. The lowest BCUT2D eigenvalue weighted by molar-refractivity contribution is -0.142. The number of ether oxygens (including phenoxy) is 1. The number of benzene rings is 2. The van der Waals surface area contributed by atoms with Gasteiger partial charge in [0.25, 0.3) is 5.91 Å². The third-order valence-electron chi connectivity index (χ3n) is 6.61. The van der Waals surface area contributed by atoms with Gasteiger partial charge in [0.2, 0.25) is 5.91 Å². The summed E-state index contributed by atoms with van der Waals surface area (Å²) in [5.41, 5.74) is 2.40. The first-order chi connectivity index (χ1) is 18.4. The van der Waals surface area contributed by atoms with Crippen LogP contribution in [0.15, 0.2) is 55.1 Å². The standard InChI is InChI=1S/C32H45N3O4/c1-9-12-20-35(30(37)27(22(4)10-2)34-31(38)39-32(6,7)8)28(25-18-15-17-24(11-3)21-25)29(36)33-26-19-14-13-16-23(26)5/h11,13-19,21-22,27-28H,3,9-10,12,20H2,1-2,4-8H3,(H,33,36)(H,34,38). The minimum Gasteiger partial charge on any atom is -0.444 e. The zero-order chi connectivity index (χ0) is 29.2. The van der Waals surface area contributed by atoms with Crippen LogP contribution in [0, 0.1) is 12.8 Å². The third kappa shape index (κ3) is 9.27. The van der Waals surface area contributed by atoms with Gasteiger partial charge in [-0.1, -0.05) is 82.7 Å². The van der Waals surface area contributed by atoms with E-state index in [9.17, 15) is 14.4 Å². The van der Waals surface area contributed by atoms with E-state index in [-0.39, 0.29) is 17.7 Å². The van der Waals surface area contributed by atoms with E-state index >= 15 is 0 Å². The van der Waals surface area contributed by atoms with Crippen molar-refractivity contribution in [2.45, 2.75) is 85.4 Å². The number of rotatable bonds is 12. The van der Waals surface area contributed by atoms with E-state index < -0.39 is 23.8 Å². The van der Waals surface area contributed by atoms with Gasteiger partial charge < -0.3 is 20.3 Å². The van der Waals surface area contributed by atoms with Crippen LogP contribution < -0.4 is 10.6 Å². The Morgan fingerprint density at radius 3 is 2.36 bits per heavy atom. The zero-order valence-electron chi connectivity index (χ0n) is 24.5. The summed E-state index contributed by atoms with van der Waals surface area (Å²) in [4.78, 5) is 42.7. The molecule has 3 unspecified atom stereocenters. The minimum atomic E-state index is -0.921. The fraction of sp³-hybridized carbons (Fsp3) is 0.469. The maximum absolute atomic E-state index is 14.3. The lowest BCUT2D eigenvalue weighted by Gasteiger charge is -2.36. The van der Waals surface area contributed by atoms with Crippen LogP contribution in [0.1, 0.15) is 83.5 Å². The fourth-order valence-corrected chi connectivity index (χ4v) is 4.23. The highest BCUT2D eigenvalue weighted by atomic mass is 16.6. The lowest BCUT2D eigenvalue weighted by atomic mass is 9.95. The summed E-state index contributed by atoms with van der Waals surface area (Å²) in [6.07, 6.45) is 3.23. The van der Waals surface area contributed by atoms with Crippen molar-refractivity contribution in [1.82, 2.24) is 10.2 Å². The van der Waals surface area contributed by atoms with Crippen molar-refractivity contribution in [3.63, 3.8) is 0 Å². The molecule has 2 N–H and O–H groups in total. The van der Waals surface area contributed by atoms with Gasteiger partial charge in [-0.25, -0.2) is 4.79 Å². The van der Waals surface area contributed by atoms with Gasteiger partial charge in [0.15, 0.2) is 0 Å². The molecule has 0 spiro atoms. The smallest absolute Gasteiger partial charge is 0.408 e. The molecule has 2 aromatic carbocycles. The molecule has 0 heterocycles. The first kappa shape index (κ1) is 31.6. The van der Waals surface area contributed by atoms with Crippen LogP contribution in [0.5, 0.6) is 0 Å². The van der Waals surface area contributed by atoms with Crippen LogP contribution in [0.3, 0.4) is 0 Å². The SMILES string of the molecule is C=Cc1cccc(C(C(=O)Nc2ccccc2C)N(CCCC)C(=O)C(NC(=O)OC(C)(C)C)C(C)CC)c1. The van der Waals surface area contributed by atoms with Gasteiger partial charge in [-0.3, -0.25) is 9.59 Å². The Morgan fingerprint density at radius 1 is 1.08 bits per heavy atom. The molecule has 0 saturated heterocycles. The molecule has 0 saturated carbocycles. The Bertz CT molecular complexity index is 1140. The van der Waals surface area contributed by atoms with E-state index in [4.69, 9.17) is 4.74 Å². The molecular formula is C32H45N3O4. The van der Waals surface area contributed by atoms with Gasteiger partial charge >= 0.3 is 6.09 Å². The second-order valence-electron chi connectivity index (χ2n) is 11.0. The largest absolute Gasteiger partial charge is 0.444 e. The van der Waals surface area contributed by atoms with Gasteiger partial charge in [0.1, 0.15) is 17.7 Å². The number of anilines is 1. The number of unbranched alkanes of at least 4 members (excludes halogenated alkanes) is 1. The Morgan fingerprint density at radius 2 is 1.77 bits per heavy atom. The number of aryl methyl sites for hydroxylation is 1. The maximum atomic E-state index is 14.3. The highest BCUT2D eigenvalue weighted by Crippen LogP contribution is 2.28. The summed E-state index contributed by atoms with van der Waals surface area (Å²) in [6, 6.07) is 13.2. The number of carbonyl (C=O) groups is 3. The molecule has 212 valence electrons. The first-order valence-corrected chi connectivity index (χ1v) is 13.8. The molecule has 7 nitrogen and oxygen atoms in total. The summed E-state index contributed by atoms with van der Waals surface area (Å²) < 4.78 is 5.48. The molecule has 0 aliphatic carbocycles. The second-order valence-corrected chi connectivity index (χ2v) is 11.0. The van der Waals surface area contributed by atoms with Crippen LogP contribution in [-0.2, 0) is 14.3 Å². The highest BCUT2D eigenvalue weighted by molar-refractivity contribution is 5.99. The monoisotopic (exact) mass is 535 g/mol. The average molecular weight is 536 g/mol. The summed E-state index contributed by atoms with van der Waals surface area (Å²) in [7, 11) is 0. The molecule has 0 fully saturated rings. The van der Waals surface area contributed by atoms with Crippen molar-refractivity contribution >= 4 is 29.7 Å². The first-order valence-electron chi connectivity index (χ1n) is 13.8. The molecule has 39 heavy (non-hydrogen) atoms. The molecular weight excluding hydrogens is 490 g/mol. The Balaban J connectivity index is 2.59. The van der Waals surface area contributed by atoms with Crippen LogP contribution in [0.2, 0.25) is 0 Å². The molecule has 2 rings (SSSR count). The Kier molecular flexibility index (Phi) is 11.8. The molecule has 2 aromatic rings. The average Bonchev–Trinajstić information content (AvgIpc) is 2.89. The van der Waals surface area contributed by atoms with E-state index in [1.807, 2.05) is 76.2 Å². The predicted octanol–water partition coefficient (Wildman–Crippen LogP) is 6.89. The van der Waals surface area contributed by atoms with E-state index in [1.54, 1.807) is 31.7 Å². The summed E-state index contributed by atoms with van der Waals surface area (Å²) in [6.45, 7) is 17.4. The lowest BCUT2D eigenvalue weighted by Crippen LogP contribution is -2.55. The zero-order valence-corrected chi connectivity index (χ0v) is 24.5. The van der Waals surface area contributed by atoms with Crippen LogP contribution in [0.4, 0.5) is 10.5 Å². The van der Waals surface area contributed by atoms with Crippen LogP contribution in [0.25, 0.3) is 6.08 Å². The minimum absolute atomic E-state index is 0.186. The van der Waals surface area contributed by atoms with Gasteiger partial charge in [-0.05, 0) is 68.9 Å². The second kappa shape index (κ2) is 14.5. The van der Waals surface area contributed by atoms with Gasteiger partial charge in [-0.2, -0.15) is 0 Å². The molecule has 3 amide bonds. The van der Waals surface area contributed by atoms with Crippen molar-refractivity contribution in [2.24, 2.45) is 5.92 Å². The van der Waals surface area contributed by atoms with E-state index in [1.165, 1.54) is 0 Å². The van der Waals surface area contributed by atoms with Gasteiger partial charge in [0.05, 0.1) is 0 Å². The maximum Gasteiger partial charge on any atom is 0.408 e. The number of alkyl carbamates (subject to hydrolysis) is 1. The normalized spacial score (nSPS) is 13.5. The number of nitrogens with zero attached hydrogens (tertiary/aromatic N) is 1. The molecule has 0 aliphatic heterocycles. The van der Waals surface area contributed by atoms with Crippen molar-refractivity contribution < 1.29 is 19.1 Å². The number of carbonyl (C=O) groups excluding carboxylic acids is 3. The van der Waals surface area contributed by atoms with Crippen LogP contribution >= 0.6 is 0 Å². The number of nitrogens with one attached hydrogen (secondary N) is 2.